The Labute approximate surface area is 139 Å². The highest BCUT2D eigenvalue weighted by atomic mass is 32.2. The van der Waals surface area contributed by atoms with Crippen LogP contribution in [-0.4, -0.2) is 26.5 Å². The standard InChI is InChI=1S/C14H18N4O3S2/c1-10-18-12(9-22-10)8-17-14(19)16-7-11-3-5-13(6-4-11)23(20,21)15-2/h3-6,9,15H,7-8H2,1-2H3,(H2,16,17,19). The number of thiazole rings is 1. The van der Waals surface area contributed by atoms with Gasteiger partial charge in [0.2, 0.25) is 10.0 Å². The van der Waals surface area contributed by atoms with E-state index < -0.39 is 10.0 Å². The van der Waals surface area contributed by atoms with Crippen molar-refractivity contribution in [3.63, 3.8) is 0 Å². The van der Waals surface area contributed by atoms with Crippen molar-refractivity contribution in [1.82, 2.24) is 20.3 Å². The molecular weight excluding hydrogens is 336 g/mol. The van der Waals surface area contributed by atoms with Crippen LogP contribution in [0.1, 0.15) is 16.3 Å². The molecule has 2 aromatic rings. The van der Waals surface area contributed by atoms with Gasteiger partial charge in [-0.25, -0.2) is 22.9 Å². The number of nitrogens with one attached hydrogen (secondary N) is 3. The Morgan fingerprint density at radius 2 is 1.83 bits per heavy atom. The fraction of sp³-hybridized carbons (Fsp3) is 0.286. The molecule has 0 fully saturated rings. The summed E-state index contributed by atoms with van der Waals surface area (Å²) in [5, 5.41) is 8.28. The molecule has 0 bridgehead atoms. The van der Waals surface area contributed by atoms with E-state index in [0.29, 0.717) is 13.1 Å². The van der Waals surface area contributed by atoms with Gasteiger partial charge in [0.05, 0.1) is 22.1 Å². The average Bonchev–Trinajstić information content (AvgIpc) is 2.97. The molecule has 1 heterocycles. The number of aromatic nitrogens is 1. The van der Waals surface area contributed by atoms with E-state index in [1.54, 1.807) is 12.1 Å². The second kappa shape index (κ2) is 7.53. The average molecular weight is 354 g/mol. The molecule has 0 aliphatic carbocycles. The number of rotatable bonds is 6. The third-order valence-electron chi connectivity index (χ3n) is 3.05. The molecule has 2 amide bonds. The van der Waals surface area contributed by atoms with Gasteiger partial charge in [0.15, 0.2) is 0 Å². The molecule has 3 N–H and O–H groups in total. The van der Waals surface area contributed by atoms with E-state index in [1.165, 1.54) is 30.5 Å². The Morgan fingerprint density at radius 1 is 1.17 bits per heavy atom. The van der Waals surface area contributed by atoms with Crippen LogP contribution in [0.2, 0.25) is 0 Å². The van der Waals surface area contributed by atoms with Gasteiger partial charge in [-0.3, -0.25) is 0 Å². The van der Waals surface area contributed by atoms with Crippen LogP contribution in [0.25, 0.3) is 0 Å². The lowest BCUT2D eigenvalue weighted by Gasteiger charge is -2.08. The maximum atomic E-state index is 11.7. The van der Waals surface area contributed by atoms with E-state index >= 15 is 0 Å². The van der Waals surface area contributed by atoms with Crippen LogP contribution in [-0.2, 0) is 23.1 Å². The third kappa shape index (κ3) is 5.02. The molecule has 0 saturated carbocycles. The largest absolute Gasteiger partial charge is 0.334 e. The van der Waals surface area contributed by atoms with Crippen molar-refractivity contribution in [1.29, 1.82) is 0 Å². The monoisotopic (exact) mass is 354 g/mol. The van der Waals surface area contributed by atoms with Gasteiger partial charge in [0.1, 0.15) is 0 Å². The minimum absolute atomic E-state index is 0.187. The number of benzene rings is 1. The van der Waals surface area contributed by atoms with Crippen molar-refractivity contribution in [2.45, 2.75) is 24.9 Å². The van der Waals surface area contributed by atoms with Gasteiger partial charge in [0, 0.05) is 11.9 Å². The maximum absolute atomic E-state index is 11.7. The summed E-state index contributed by atoms with van der Waals surface area (Å²) in [6, 6.07) is 6.02. The molecule has 23 heavy (non-hydrogen) atoms. The van der Waals surface area contributed by atoms with Gasteiger partial charge in [-0.1, -0.05) is 12.1 Å². The molecule has 2 rings (SSSR count). The third-order valence-corrected chi connectivity index (χ3v) is 5.30. The number of urea groups is 1. The van der Waals surface area contributed by atoms with Gasteiger partial charge in [-0.15, -0.1) is 11.3 Å². The molecule has 0 unspecified atom stereocenters. The molecule has 0 aliphatic rings. The van der Waals surface area contributed by atoms with Crippen molar-refractivity contribution < 1.29 is 13.2 Å². The minimum atomic E-state index is -3.44. The number of carbonyl (C=O) groups is 1. The molecular formula is C14H18N4O3S2. The van der Waals surface area contributed by atoms with Crippen LogP contribution < -0.4 is 15.4 Å². The van der Waals surface area contributed by atoms with Crippen LogP contribution in [0.3, 0.4) is 0 Å². The lowest BCUT2D eigenvalue weighted by Crippen LogP contribution is -2.34. The van der Waals surface area contributed by atoms with Crippen molar-refractivity contribution in [2.75, 3.05) is 7.05 Å². The summed E-state index contributed by atoms with van der Waals surface area (Å²) in [6.07, 6.45) is 0. The first-order valence-corrected chi connectivity index (χ1v) is 9.22. The smallest absolute Gasteiger partial charge is 0.315 e. The van der Waals surface area contributed by atoms with Gasteiger partial charge < -0.3 is 10.6 Å². The Bertz CT molecular complexity index is 770. The van der Waals surface area contributed by atoms with Gasteiger partial charge in [0.25, 0.3) is 0 Å². The van der Waals surface area contributed by atoms with Crippen LogP contribution in [0.4, 0.5) is 4.79 Å². The summed E-state index contributed by atoms with van der Waals surface area (Å²) < 4.78 is 25.5. The van der Waals surface area contributed by atoms with Crippen LogP contribution in [0.5, 0.6) is 0 Å². The Balaban J connectivity index is 1.82. The van der Waals surface area contributed by atoms with Gasteiger partial charge in [-0.05, 0) is 31.7 Å². The highest BCUT2D eigenvalue weighted by Crippen LogP contribution is 2.10. The number of hydrogen-bond donors (Lipinski definition) is 3. The Morgan fingerprint density at radius 3 is 2.39 bits per heavy atom. The molecule has 1 aromatic heterocycles. The number of amides is 2. The Hall–Kier alpha value is -1.97. The lowest BCUT2D eigenvalue weighted by atomic mass is 10.2. The van der Waals surface area contributed by atoms with Crippen LogP contribution >= 0.6 is 11.3 Å². The summed E-state index contributed by atoms with van der Waals surface area (Å²) in [5.41, 5.74) is 1.63. The first-order chi connectivity index (χ1) is 10.9. The number of aryl methyl sites for hydroxylation is 1. The van der Waals surface area contributed by atoms with E-state index in [-0.39, 0.29) is 10.9 Å². The van der Waals surface area contributed by atoms with E-state index in [9.17, 15) is 13.2 Å². The van der Waals surface area contributed by atoms with Crippen molar-refractivity contribution in [3.8, 4) is 0 Å². The molecule has 1 aromatic carbocycles. The molecule has 9 heteroatoms. The molecule has 0 radical (unpaired) electrons. The van der Waals surface area contributed by atoms with Crippen molar-refractivity contribution >= 4 is 27.4 Å². The van der Waals surface area contributed by atoms with Crippen molar-refractivity contribution in [3.05, 3.63) is 45.9 Å². The molecule has 0 aliphatic heterocycles. The second-order valence-corrected chi connectivity index (χ2v) is 7.69. The van der Waals surface area contributed by atoms with E-state index in [1.807, 2.05) is 12.3 Å². The zero-order valence-electron chi connectivity index (χ0n) is 12.8. The van der Waals surface area contributed by atoms with Gasteiger partial charge >= 0.3 is 6.03 Å². The van der Waals surface area contributed by atoms with E-state index in [2.05, 4.69) is 20.3 Å². The summed E-state index contributed by atoms with van der Waals surface area (Å²) in [6.45, 7) is 2.59. The molecule has 0 atom stereocenters. The highest BCUT2D eigenvalue weighted by molar-refractivity contribution is 7.89. The SMILES string of the molecule is CNS(=O)(=O)c1ccc(CNC(=O)NCc2csc(C)n2)cc1. The number of hydrogen-bond acceptors (Lipinski definition) is 5. The number of carbonyl (C=O) groups excluding carboxylic acids is 1. The number of sulfonamides is 1. The lowest BCUT2D eigenvalue weighted by molar-refractivity contribution is 0.240. The predicted octanol–water partition coefficient (Wildman–Crippen LogP) is 1.36. The van der Waals surface area contributed by atoms with Gasteiger partial charge in [-0.2, -0.15) is 0 Å². The minimum Gasteiger partial charge on any atom is -0.334 e. The van der Waals surface area contributed by atoms with Crippen LogP contribution in [0.15, 0.2) is 34.5 Å². The first kappa shape index (κ1) is 17.4. The Kier molecular flexibility index (Phi) is 5.69. The number of nitrogens with zero attached hydrogens (tertiary/aromatic N) is 1. The van der Waals surface area contributed by atoms with E-state index in [4.69, 9.17) is 0 Å². The summed E-state index contributed by atoms with van der Waals surface area (Å²) >= 11 is 1.53. The fourth-order valence-electron chi connectivity index (χ4n) is 1.81. The molecule has 0 spiro atoms. The zero-order chi connectivity index (χ0) is 16.9. The predicted molar refractivity (Wildman–Crippen MR) is 88.6 cm³/mol. The van der Waals surface area contributed by atoms with Crippen LogP contribution in [0, 0.1) is 6.92 Å². The summed E-state index contributed by atoms with van der Waals surface area (Å²) in [4.78, 5) is 16.2. The summed E-state index contributed by atoms with van der Waals surface area (Å²) in [5.74, 6) is 0. The molecule has 0 saturated heterocycles. The molecule has 124 valence electrons. The summed E-state index contributed by atoms with van der Waals surface area (Å²) in [7, 11) is -2.08. The maximum Gasteiger partial charge on any atom is 0.315 e. The van der Waals surface area contributed by atoms with Crippen molar-refractivity contribution in [2.24, 2.45) is 0 Å². The first-order valence-electron chi connectivity index (χ1n) is 6.86. The fourth-order valence-corrected chi connectivity index (χ4v) is 3.15. The normalized spacial score (nSPS) is 11.2. The highest BCUT2D eigenvalue weighted by Gasteiger charge is 2.10. The van der Waals surface area contributed by atoms with E-state index in [0.717, 1.165) is 16.3 Å². The second-order valence-electron chi connectivity index (χ2n) is 4.75. The molecule has 7 nitrogen and oxygen atoms in total. The zero-order valence-corrected chi connectivity index (χ0v) is 14.4. The topological polar surface area (TPSA) is 100 Å². The quantitative estimate of drug-likeness (QED) is 0.729.